The summed E-state index contributed by atoms with van der Waals surface area (Å²) in [5, 5.41) is 9.37. The van der Waals surface area contributed by atoms with Crippen LogP contribution in [-0.2, 0) is 16.6 Å². The van der Waals surface area contributed by atoms with Crippen LogP contribution in [0.5, 0.6) is 0 Å². The van der Waals surface area contributed by atoms with Crippen molar-refractivity contribution in [1.29, 1.82) is 0 Å². The van der Waals surface area contributed by atoms with Crippen LogP contribution in [0.4, 0.5) is 10.1 Å². The van der Waals surface area contributed by atoms with E-state index in [1.807, 2.05) is 0 Å². The Hall–Kier alpha value is -1.63. The van der Waals surface area contributed by atoms with Crippen LogP contribution in [0.2, 0.25) is 5.02 Å². The van der Waals surface area contributed by atoms with Gasteiger partial charge >= 0.3 is 0 Å². The lowest BCUT2D eigenvalue weighted by atomic mass is 10.2. The Bertz CT molecular complexity index is 734. The lowest BCUT2D eigenvalue weighted by molar-refractivity contribution is 0.278. The van der Waals surface area contributed by atoms with Gasteiger partial charge in [0.2, 0.25) is 0 Å². The van der Waals surface area contributed by atoms with E-state index in [9.17, 15) is 12.8 Å². The second kappa shape index (κ2) is 5.78. The molecule has 20 heavy (non-hydrogen) atoms. The molecule has 0 saturated carbocycles. The number of hydrogen-bond donors (Lipinski definition) is 2. The second-order valence-electron chi connectivity index (χ2n) is 4.00. The highest BCUT2D eigenvalue weighted by molar-refractivity contribution is 7.92. The van der Waals surface area contributed by atoms with Gasteiger partial charge in [0, 0.05) is 5.02 Å². The number of halogens is 2. The van der Waals surface area contributed by atoms with Crippen molar-refractivity contribution in [2.75, 3.05) is 4.72 Å². The highest BCUT2D eigenvalue weighted by Crippen LogP contribution is 2.24. The summed E-state index contributed by atoms with van der Waals surface area (Å²) < 4.78 is 40.1. The molecular formula is C13H11ClFNO3S. The Morgan fingerprint density at radius 2 is 1.90 bits per heavy atom. The number of hydrogen-bond acceptors (Lipinski definition) is 3. The van der Waals surface area contributed by atoms with Gasteiger partial charge in [0.25, 0.3) is 10.0 Å². The summed E-state index contributed by atoms with van der Waals surface area (Å²) in [6.07, 6.45) is 0. The highest BCUT2D eigenvalue weighted by Gasteiger charge is 2.19. The van der Waals surface area contributed by atoms with Crippen LogP contribution in [0, 0.1) is 5.82 Å². The lowest BCUT2D eigenvalue weighted by Gasteiger charge is -2.11. The summed E-state index contributed by atoms with van der Waals surface area (Å²) in [5.41, 5.74) is -0.0207. The third kappa shape index (κ3) is 3.09. The summed E-state index contributed by atoms with van der Waals surface area (Å²) in [7, 11) is -4.00. The summed E-state index contributed by atoms with van der Waals surface area (Å²) >= 11 is 5.71. The first-order valence-electron chi connectivity index (χ1n) is 5.60. The van der Waals surface area contributed by atoms with E-state index in [0.717, 1.165) is 6.07 Å². The van der Waals surface area contributed by atoms with Gasteiger partial charge in [-0.05, 0) is 29.8 Å². The Balaban J connectivity index is 2.43. The van der Waals surface area contributed by atoms with Gasteiger partial charge in [-0.3, -0.25) is 4.72 Å². The zero-order valence-electron chi connectivity index (χ0n) is 10.2. The Morgan fingerprint density at radius 1 is 1.20 bits per heavy atom. The van der Waals surface area contributed by atoms with E-state index in [1.54, 1.807) is 6.07 Å². The molecule has 0 spiro atoms. The minimum atomic E-state index is -4.00. The van der Waals surface area contributed by atoms with Crippen LogP contribution >= 0.6 is 11.6 Å². The molecule has 0 aliphatic heterocycles. The molecule has 0 aliphatic carbocycles. The molecule has 0 atom stereocenters. The van der Waals surface area contributed by atoms with Crippen molar-refractivity contribution in [3.8, 4) is 0 Å². The van der Waals surface area contributed by atoms with Crippen molar-refractivity contribution < 1.29 is 17.9 Å². The summed E-state index contributed by atoms with van der Waals surface area (Å²) in [4.78, 5) is -0.109. The van der Waals surface area contributed by atoms with Crippen LogP contribution < -0.4 is 4.72 Å². The Kier molecular flexibility index (Phi) is 4.27. The molecule has 0 unspecified atom stereocenters. The van der Waals surface area contributed by atoms with Crippen molar-refractivity contribution in [2.24, 2.45) is 0 Å². The van der Waals surface area contributed by atoms with E-state index >= 15 is 0 Å². The van der Waals surface area contributed by atoms with Gasteiger partial charge in [-0.15, -0.1) is 0 Å². The Morgan fingerprint density at radius 3 is 2.60 bits per heavy atom. The smallest absolute Gasteiger partial charge is 0.262 e. The molecule has 0 fully saturated rings. The quantitative estimate of drug-likeness (QED) is 0.911. The molecule has 4 nitrogen and oxygen atoms in total. The van der Waals surface area contributed by atoms with Crippen molar-refractivity contribution in [3.05, 3.63) is 58.9 Å². The minimum absolute atomic E-state index is 0.109. The lowest BCUT2D eigenvalue weighted by Crippen LogP contribution is -2.16. The van der Waals surface area contributed by atoms with E-state index < -0.39 is 22.4 Å². The summed E-state index contributed by atoms with van der Waals surface area (Å²) in [6, 6.07) is 9.48. The maximum Gasteiger partial charge on any atom is 0.262 e. The van der Waals surface area contributed by atoms with E-state index in [0.29, 0.717) is 0 Å². The van der Waals surface area contributed by atoms with Crippen molar-refractivity contribution in [3.63, 3.8) is 0 Å². The molecule has 2 aromatic rings. The number of aliphatic hydroxyl groups is 1. The minimum Gasteiger partial charge on any atom is -0.392 e. The van der Waals surface area contributed by atoms with E-state index in [4.69, 9.17) is 16.7 Å². The SMILES string of the molecule is O=S(=O)(Nc1cc(Cl)ccc1F)c1ccccc1CO. The molecule has 0 bridgehead atoms. The topological polar surface area (TPSA) is 66.4 Å². The third-order valence-corrected chi connectivity index (χ3v) is 4.31. The number of nitrogens with one attached hydrogen (secondary N) is 1. The van der Waals surface area contributed by atoms with Gasteiger partial charge in [-0.1, -0.05) is 29.8 Å². The van der Waals surface area contributed by atoms with Gasteiger partial charge < -0.3 is 5.11 Å². The first-order chi connectivity index (χ1) is 9.44. The average Bonchev–Trinajstić information content (AvgIpc) is 2.42. The first-order valence-corrected chi connectivity index (χ1v) is 7.47. The average molecular weight is 316 g/mol. The molecule has 0 aromatic heterocycles. The number of anilines is 1. The molecule has 2 N–H and O–H groups in total. The van der Waals surface area contributed by atoms with Gasteiger partial charge in [0.1, 0.15) is 5.82 Å². The predicted octanol–water partition coefficient (Wildman–Crippen LogP) is 2.77. The van der Waals surface area contributed by atoms with E-state index in [-0.39, 0.29) is 21.2 Å². The molecule has 0 aliphatic rings. The standard InChI is InChI=1S/C13H11ClFNO3S/c14-10-5-6-11(15)12(7-10)16-20(18,19)13-4-2-1-3-9(13)8-17/h1-7,16-17H,8H2. The maximum absolute atomic E-state index is 13.6. The number of aliphatic hydroxyl groups excluding tert-OH is 1. The molecule has 106 valence electrons. The molecule has 2 aromatic carbocycles. The molecular weight excluding hydrogens is 305 g/mol. The third-order valence-electron chi connectivity index (χ3n) is 2.61. The Labute approximate surface area is 120 Å². The largest absolute Gasteiger partial charge is 0.392 e. The fourth-order valence-corrected chi connectivity index (χ4v) is 3.14. The monoisotopic (exact) mass is 315 g/mol. The predicted molar refractivity (Wildman–Crippen MR) is 74.6 cm³/mol. The van der Waals surface area contributed by atoms with Crippen LogP contribution in [0.15, 0.2) is 47.4 Å². The van der Waals surface area contributed by atoms with Crippen LogP contribution in [-0.4, -0.2) is 13.5 Å². The summed E-state index contributed by atoms with van der Waals surface area (Å²) in [5.74, 6) is -0.737. The van der Waals surface area contributed by atoms with Gasteiger partial charge in [0.15, 0.2) is 0 Å². The van der Waals surface area contributed by atoms with Gasteiger partial charge in [-0.2, -0.15) is 0 Å². The van der Waals surface area contributed by atoms with Gasteiger partial charge in [-0.25, -0.2) is 12.8 Å². The van der Waals surface area contributed by atoms with Gasteiger partial charge in [0.05, 0.1) is 17.2 Å². The fourth-order valence-electron chi connectivity index (χ4n) is 1.67. The fraction of sp³-hybridized carbons (Fsp3) is 0.0769. The van der Waals surface area contributed by atoms with E-state index in [2.05, 4.69) is 4.72 Å². The van der Waals surface area contributed by atoms with Crippen molar-refractivity contribution >= 4 is 27.3 Å². The highest BCUT2D eigenvalue weighted by atomic mass is 35.5. The molecule has 0 heterocycles. The number of sulfonamides is 1. The summed E-state index contributed by atoms with van der Waals surface area (Å²) in [6.45, 7) is -0.435. The zero-order valence-corrected chi connectivity index (χ0v) is 11.7. The van der Waals surface area contributed by atoms with Crippen LogP contribution in [0.3, 0.4) is 0 Å². The first kappa shape index (κ1) is 14.8. The van der Waals surface area contributed by atoms with Crippen molar-refractivity contribution in [1.82, 2.24) is 0 Å². The van der Waals surface area contributed by atoms with Crippen LogP contribution in [0.25, 0.3) is 0 Å². The van der Waals surface area contributed by atoms with Crippen LogP contribution in [0.1, 0.15) is 5.56 Å². The van der Waals surface area contributed by atoms with Crippen molar-refractivity contribution in [2.45, 2.75) is 11.5 Å². The number of rotatable bonds is 4. The zero-order chi connectivity index (χ0) is 14.8. The molecule has 0 amide bonds. The number of benzene rings is 2. The normalized spacial score (nSPS) is 11.3. The molecule has 2 rings (SSSR count). The van der Waals surface area contributed by atoms with E-state index in [1.165, 1.54) is 30.3 Å². The maximum atomic E-state index is 13.6. The molecule has 0 radical (unpaired) electrons. The second-order valence-corrected chi connectivity index (χ2v) is 6.08. The molecule has 7 heteroatoms. The molecule has 0 saturated heterocycles.